The molecule has 0 aromatic heterocycles. The lowest BCUT2D eigenvalue weighted by Gasteiger charge is -2.26. The fourth-order valence-electron chi connectivity index (χ4n) is 2.05. The van der Waals surface area contributed by atoms with Gasteiger partial charge in [-0.2, -0.15) is 4.31 Å². The molecular formula is C9H21N3O2S. The first-order valence-electron chi connectivity index (χ1n) is 5.31. The summed E-state index contributed by atoms with van der Waals surface area (Å²) in [6.07, 6.45) is 1.92. The van der Waals surface area contributed by atoms with Crippen molar-refractivity contribution in [2.75, 3.05) is 39.5 Å². The molecule has 1 aliphatic rings. The number of sulfonamides is 1. The van der Waals surface area contributed by atoms with E-state index in [1.54, 1.807) is 4.31 Å². The maximum absolute atomic E-state index is 11.9. The summed E-state index contributed by atoms with van der Waals surface area (Å²) in [6, 6.07) is 0.136. The van der Waals surface area contributed by atoms with Crippen molar-refractivity contribution >= 4 is 10.0 Å². The second-order valence-corrected chi connectivity index (χ2v) is 6.31. The van der Waals surface area contributed by atoms with Crippen molar-refractivity contribution in [1.82, 2.24) is 9.21 Å². The van der Waals surface area contributed by atoms with Crippen LogP contribution < -0.4 is 5.73 Å². The molecule has 2 N–H and O–H groups in total. The van der Waals surface area contributed by atoms with Gasteiger partial charge in [-0.3, -0.25) is 0 Å². The van der Waals surface area contributed by atoms with Crippen LogP contribution in [0.5, 0.6) is 0 Å². The predicted octanol–water partition coefficient (Wildman–Crippen LogP) is -0.699. The van der Waals surface area contributed by atoms with Gasteiger partial charge in [-0.1, -0.05) is 0 Å². The van der Waals surface area contributed by atoms with Crippen molar-refractivity contribution in [1.29, 1.82) is 0 Å². The highest BCUT2D eigenvalue weighted by atomic mass is 32.2. The maximum atomic E-state index is 11.9. The number of hydrogen-bond acceptors (Lipinski definition) is 4. The average molecular weight is 235 g/mol. The van der Waals surface area contributed by atoms with E-state index >= 15 is 0 Å². The third kappa shape index (κ3) is 3.41. The first-order chi connectivity index (χ1) is 6.97. The van der Waals surface area contributed by atoms with E-state index in [2.05, 4.69) is 0 Å². The minimum atomic E-state index is -3.12. The Morgan fingerprint density at radius 2 is 2.13 bits per heavy atom. The quantitative estimate of drug-likeness (QED) is 0.684. The van der Waals surface area contributed by atoms with Crippen molar-refractivity contribution in [3.05, 3.63) is 0 Å². The topological polar surface area (TPSA) is 66.6 Å². The van der Waals surface area contributed by atoms with Gasteiger partial charge in [-0.15, -0.1) is 0 Å². The van der Waals surface area contributed by atoms with E-state index in [1.807, 2.05) is 19.0 Å². The summed E-state index contributed by atoms with van der Waals surface area (Å²) < 4.78 is 25.3. The molecule has 1 aliphatic heterocycles. The molecule has 0 bridgehead atoms. The van der Waals surface area contributed by atoms with Gasteiger partial charge < -0.3 is 10.6 Å². The number of rotatable bonds is 5. The zero-order valence-electron chi connectivity index (χ0n) is 9.52. The molecule has 0 spiro atoms. The van der Waals surface area contributed by atoms with Gasteiger partial charge in [0.05, 0.1) is 5.75 Å². The van der Waals surface area contributed by atoms with Crippen molar-refractivity contribution in [2.45, 2.75) is 18.9 Å². The maximum Gasteiger partial charge on any atom is 0.215 e. The first-order valence-corrected chi connectivity index (χ1v) is 6.92. The lowest BCUT2D eigenvalue weighted by molar-refractivity contribution is 0.291. The standard InChI is InChI=1S/C9H21N3O2S/c1-11(2)8-9-4-3-6-12(9)15(13,14)7-5-10/h9H,3-8,10H2,1-2H3. The van der Waals surface area contributed by atoms with Gasteiger partial charge >= 0.3 is 0 Å². The lowest BCUT2D eigenvalue weighted by Crippen LogP contribution is -2.43. The Balaban J connectivity index is 2.67. The smallest absolute Gasteiger partial charge is 0.215 e. The highest BCUT2D eigenvalue weighted by Gasteiger charge is 2.33. The largest absolute Gasteiger partial charge is 0.329 e. The third-order valence-corrected chi connectivity index (χ3v) is 4.58. The summed E-state index contributed by atoms with van der Waals surface area (Å²) in [6.45, 7) is 1.65. The van der Waals surface area contributed by atoms with Crippen LogP contribution in [-0.2, 0) is 10.0 Å². The molecule has 0 aromatic carbocycles. The summed E-state index contributed by atoms with van der Waals surface area (Å²) in [4.78, 5) is 2.03. The SMILES string of the molecule is CN(C)CC1CCCN1S(=O)(=O)CCN. The van der Waals surface area contributed by atoms with E-state index in [1.165, 1.54) is 0 Å². The Bertz CT molecular complexity index is 290. The highest BCUT2D eigenvalue weighted by Crippen LogP contribution is 2.21. The number of hydrogen-bond donors (Lipinski definition) is 1. The summed E-state index contributed by atoms with van der Waals surface area (Å²) in [5.41, 5.74) is 5.31. The normalized spacial score (nSPS) is 23.9. The molecule has 0 aromatic rings. The summed E-state index contributed by atoms with van der Waals surface area (Å²) in [5.74, 6) is 0.0664. The van der Waals surface area contributed by atoms with Crippen molar-refractivity contribution in [3.63, 3.8) is 0 Å². The summed E-state index contributed by atoms with van der Waals surface area (Å²) >= 11 is 0. The van der Waals surface area contributed by atoms with Gasteiger partial charge in [0.2, 0.25) is 10.0 Å². The van der Waals surface area contributed by atoms with E-state index in [9.17, 15) is 8.42 Å². The van der Waals surface area contributed by atoms with Crippen LogP contribution >= 0.6 is 0 Å². The second kappa shape index (κ2) is 5.25. The van der Waals surface area contributed by atoms with E-state index in [-0.39, 0.29) is 18.3 Å². The number of likely N-dealkylation sites (N-methyl/N-ethyl adjacent to an activating group) is 1. The number of nitrogens with zero attached hydrogens (tertiary/aromatic N) is 2. The molecule has 1 unspecified atom stereocenters. The molecular weight excluding hydrogens is 214 g/mol. The summed E-state index contributed by atoms with van der Waals surface area (Å²) in [5, 5.41) is 0. The Morgan fingerprint density at radius 1 is 1.47 bits per heavy atom. The Hall–Kier alpha value is -0.170. The van der Waals surface area contributed by atoms with Crippen LogP contribution in [0.25, 0.3) is 0 Å². The van der Waals surface area contributed by atoms with Crippen LogP contribution in [0.2, 0.25) is 0 Å². The fraction of sp³-hybridized carbons (Fsp3) is 1.00. The lowest BCUT2D eigenvalue weighted by atomic mass is 10.2. The molecule has 0 radical (unpaired) electrons. The zero-order valence-corrected chi connectivity index (χ0v) is 10.3. The molecule has 5 nitrogen and oxygen atoms in total. The Morgan fingerprint density at radius 3 is 2.67 bits per heavy atom. The molecule has 1 heterocycles. The first kappa shape index (κ1) is 12.9. The molecule has 0 amide bonds. The van der Waals surface area contributed by atoms with E-state index in [4.69, 9.17) is 5.73 Å². The van der Waals surface area contributed by atoms with Gasteiger partial charge in [-0.25, -0.2) is 8.42 Å². The zero-order chi connectivity index (χ0) is 11.5. The fourth-order valence-corrected chi connectivity index (χ4v) is 3.61. The van der Waals surface area contributed by atoms with E-state index < -0.39 is 10.0 Å². The molecule has 15 heavy (non-hydrogen) atoms. The average Bonchev–Trinajstić information content (AvgIpc) is 2.51. The van der Waals surface area contributed by atoms with E-state index in [0.29, 0.717) is 6.54 Å². The second-order valence-electron chi connectivity index (χ2n) is 4.27. The van der Waals surface area contributed by atoms with Crippen LogP contribution in [0.4, 0.5) is 0 Å². The molecule has 1 atom stereocenters. The van der Waals surface area contributed by atoms with Gasteiger partial charge in [0.25, 0.3) is 0 Å². The number of nitrogens with two attached hydrogens (primary N) is 1. The van der Waals surface area contributed by atoms with Crippen LogP contribution in [0.15, 0.2) is 0 Å². The minimum Gasteiger partial charge on any atom is -0.329 e. The minimum absolute atomic E-state index is 0.0664. The molecule has 1 rings (SSSR count). The van der Waals surface area contributed by atoms with Crippen molar-refractivity contribution in [3.8, 4) is 0 Å². The van der Waals surface area contributed by atoms with Gasteiger partial charge in [0.15, 0.2) is 0 Å². The Kier molecular flexibility index (Phi) is 4.51. The monoisotopic (exact) mass is 235 g/mol. The predicted molar refractivity (Wildman–Crippen MR) is 61.1 cm³/mol. The summed E-state index contributed by atoms with van der Waals surface area (Å²) in [7, 11) is 0.805. The van der Waals surface area contributed by atoms with Crippen LogP contribution in [-0.4, -0.2) is 63.1 Å². The van der Waals surface area contributed by atoms with Crippen LogP contribution in [0.3, 0.4) is 0 Å². The van der Waals surface area contributed by atoms with Gasteiger partial charge in [0, 0.05) is 25.7 Å². The van der Waals surface area contributed by atoms with Crippen molar-refractivity contribution in [2.24, 2.45) is 5.73 Å². The molecule has 1 fully saturated rings. The van der Waals surface area contributed by atoms with Crippen LogP contribution in [0, 0.1) is 0 Å². The Labute approximate surface area is 92.3 Å². The molecule has 90 valence electrons. The van der Waals surface area contributed by atoms with E-state index in [0.717, 1.165) is 19.4 Å². The van der Waals surface area contributed by atoms with Crippen LogP contribution in [0.1, 0.15) is 12.8 Å². The highest BCUT2D eigenvalue weighted by molar-refractivity contribution is 7.89. The molecule has 6 heteroatoms. The van der Waals surface area contributed by atoms with Gasteiger partial charge in [0.1, 0.15) is 0 Å². The van der Waals surface area contributed by atoms with Crippen molar-refractivity contribution < 1.29 is 8.42 Å². The molecule has 0 aliphatic carbocycles. The van der Waals surface area contributed by atoms with Gasteiger partial charge in [-0.05, 0) is 26.9 Å². The molecule has 0 saturated carbocycles. The third-order valence-electron chi connectivity index (χ3n) is 2.63. The molecule has 1 saturated heterocycles.